The third-order valence-electron chi connectivity index (χ3n) is 4.33. The van der Waals surface area contributed by atoms with E-state index < -0.39 is 0 Å². The van der Waals surface area contributed by atoms with Gasteiger partial charge in [-0.1, -0.05) is 18.2 Å². The van der Waals surface area contributed by atoms with Gasteiger partial charge in [-0.3, -0.25) is 4.79 Å². The number of methoxy groups -OCH3 is 3. The number of amides is 1. The van der Waals surface area contributed by atoms with Gasteiger partial charge in [0.2, 0.25) is 11.7 Å². The highest BCUT2D eigenvalue weighted by molar-refractivity contribution is 5.89. The van der Waals surface area contributed by atoms with Crippen molar-refractivity contribution in [3.8, 4) is 34.1 Å². The number of hydrogen-bond acceptors (Lipinski definition) is 5. The Morgan fingerprint density at radius 2 is 1.81 bits per heavy atom. The van der Waals surface area contributed by atoms with Crippen LogP contribution in [-0.2, 0) is 4.79 Å². The molecule has 1 unspecified atom stereocenters. The summed E-state index contributed by atoms with van der Waals surface area (Å²) in [7, 11) is 4.69. The molecule has 6 heteroatoms. The lowest BCUT2D eigenvalue weighted by atomic mass is 9.93. The highest BCUT2D eigenvalue weighted by Crippen LogP contribution is 2.50. The molecule has 0 saturated heterocycles. The number of aromatic hydroxyl groups is 1. The Bertz CT molecular complexity index is 888. The summed E-state index contributed by atoms with van der Waals surface area (Å²) in [5.41, 5.74) is 3.27. The number of phenols is 1. The number of carbonyl (C=O) groups excluding carboxylic acids is 1. The van der Waals surface area contributed by atoms with Crippen molar-refractivity contribution in [2.45, 2.75) is 13.0 Å². The van der Waals surface area contributed by atoms with Crippen molar-refractivity contribution in [3.63, 3.8) is 0 Å². The van der Waals surface area contributed by atoms with Crippen molar-refractivity contribution in [3.05, 3.63) is 41.5 Å². The van der Waals surface area contributed by atoms with Crippen LogP contribution < -0.4 is 19.5 Å². The third-order valence-corrected chi connectivity index (χ3v) is 4.33. The van der Waals surface area contributed by atoms with Crippen molar-refractivity contribution in [1.29, 1.82) is 0 Å². The van der Waals surface area contributed by atoms with Crippen LogP contribution in [0.15, 0.2) is 30.3 Å². The SMILES string of the molecule is COc1cc2c(c(OC)c1OC)-c1ccc(O)cc1C(NC(C)=O)C=C2. The molecule has 0 fully saturated rings. The molecule has 2 aromatic rings. The lowest BCUT2D eigenvalue weighted by Gasteiger charge is -2.21. The lowest BCUT2D eigenvalue weighted by Crippen LogP contribution is -2.24. The van der Waals surface area contributed by atoms with E-state index in [1.165, 1.54) is 6.92 Å². The van der Waals surface area contributed by atoms with Crippen LogP contribution in [0.5, 0.6) is 23.0 Å². The maximum Gasteiger partial charge on any atom is 0.217 e. The van der Waals surface area contributed by atoms with E-state index in [4.69, 9.17) is 14.2 Å². The van der Waals surface area contributed by atoms with Gasteiger partial charge in [0.15, 0.2) is 11.5 Å². The van der Waals surface area contributed by atoms with Gasteiger partial charge in [0.05, 0.1) is 27.4 Å². The van der Waals surface area contributed by atoms with Crippen molar-refractivity contribution < 1.29 is 24.1 Å². The molecule has 1 atom stereocenters. The maximum atomic E-state index is 11.6. The Morgan fingerprint density at radius 3 is 2.42 bits per heavy atom. The van der Waals surface area contributed by atoms with Gasteiger partial charge < -0.3 is 24.6 Å². The minimum Gasteiger partial charge on any atom is -0.508 e. The summed E-state index contributed by atoms with van der Waals surface area (Å²) in [5, 5.41) is 12.9. The van der Waals surface area contributed by atoms with E-state index in [-0.39, 0.29) is 17.7 Å². The number of rotatable bonds is 4. The zero-order valence-corrected chi connectivity index (χ0v) is 15.1. The van der Waals surface area contributed by atoms with Gasteiger partial charge >= 0.3 is 0 Å². The molecule has 1 aliphatic rings. The number of ether oxygens (including phenoxy) is 3. The topological polar surface area (TPSA) is 77.0 Å². The molecule has 2 N–H and O–H groups in total. The molecule has 6 nitrogen and oxygen atoms in total. The first-order chi connectivity index (χ1) is 12.5. The molecule has 3 rings (SSSR count). The van der Waals surface area contributed by atoms with Crippen LogP contribution in [-0.4, -0.2) is 32.3 Å². The smallest absolute Gasteiger partial charge is 0.217 e. The monoisotopic (exact) mass is 355 g/mol. The molecule has 0 heterocycles. The maximum absolute atomic E-state index is 11.6. The van der Waals surface area contributed by atoms with Gasteiger partial charge in [0, 0.05) is 12.5 Å². The first-order valence-electron chi connectivity index (χ1n) is 8.11. The van der Waals surface area contributed by atoms with E-state index in [0.717, 1.165) is 22.3 Å². The number of fused-ring (bicyclic) bond motifs is 3. The summed E-state index contributed by atoms with van der Waals surface area (Å²) in [6, 6.07) is 6.53. The first kappa shape index (κ1) is 17.7. The Kier molecular flexibility index (Phi) is 4.75. The minimum absolute atomic E-state index is 0.121. The van der Waals surface area contributed by atoms with E-state index in [1.54, 1.807) is 39.5 Å². The van der Waals surface area contributed by atoms with Crippen LogP contribution in [0, 0.1) is 0 Å². The van der Waals surface area contributed by atoms with Crippen LogP contribution in [0.4, 0.5) is 0 Å². The molecule has 0 spiro atoms. The highest BCUT2D eigenvalue weighted by atomic mass is 16.5. The van der Waals surface area contributed by atoms with Crippen molar-refractivity contribution in [1.82, 2.24) is 5.32 Å². The Morgan fingerprint density at radius 1 is 1.08 bits per heavy atom. The van der Waals surface area contributed by atoms with Crippen LogP contribution in [0.25, 0.3) is 17.2 Å². The first-order valence-corrected chi connectivity index (χ1v) is 8.11. The quantitative estimate of drug-likeness (QED) is 0.880. The largest absolute Gasteiger partial charge is 0.508 e. The summed E-state index contributed by atoms with van der Waals surface area (Å²) in [4.78, 5) is 11.6. The summed E-state index contributed by atoms with van der Waals surface area (Å²) in [6.07, 6.45) is 3.77. The predicted molar refractivity (Wildman–Crippen MR) is 98.8 cm³/mol. The number of carbonyl (C=O) groups is 1. The molecular formula is C20H21NO5. The third kappa shape index (κ3) is 2.94. The number of benzene rings is 2. The molecule has 136 valence electrons. The molecule has 0 radical (unpaired) electrons. The van der Waals surface area contributed by atoms with Gasteiger partial charge in [-0.05, 0) is 34.9 Å². The van der Waals surface area contributed by atoms with Crippen LogP contribution in [0.2, 0.25) is 0 Å². The number of hydrogen-bond donors (Lipinski definition) is 2. The number of phenolic OH excluding ortho intramolecular Hbond substituents is 1. The van der Waals surface area contributed by atoms with E-state index in [2.05, 4.69) is 5.32 Å². The average molecular weight is 355 g/mol. The lowest BCUT2D eigenvalue weighted by molar-refractivity contribution is -0.119. The molecule has 0 saturated carbocycles. The zero-order chi connectivity index (χ0) is 18.8. The summed E-state index contributed by atoms with van der Waals surface area (Å²) in [5.74, 6) is 1.52. The van der Waals surface area contributed by atoms with E-state index in [1.807, 2.05) is 18.2 Å². The van der Waals surface area contributed by atoms with E-state index in [9.17, 15) is 9.90 Å². The standard InChI is InChI=1S/C20H21NO5/c1-11(22)21-16-8-5-12-9-17(24-2)19(25-3)20(26-4)18(12)14-7-6-13(23)10-15(14)16/h5-10,16,23H,1-4H3,(H,21,22). The van der Waals surface area contributed by atoms with Gasteiger partial charge in [-0.25, -0.2) is 0 Å². The summed E-state index contributed by atoms with van der Waals surface area (Å²) in [6.45, 7) is 1.46. The molecule has 0 bridgehead atoms. The molecular weight excluding hydrogens is 334 g/mol. The molecule has 1 amide bonds. The van der Waals surface area contributed by atoms with Crippen molar-refractivity contribution >= 4 is 12.0 Å². The second-order valence-corrected chi connectivity index (χ2v) is 5.92. The summed E-state index contributed by atoms with van der Waals surface area (Å²) >= 11 is 0. The molecule has 0 aromatic heterocycles. The van der Waals surface area contributed by atoms with Gasteiger partial charge in [0.25, 0.3) is 0 Å². The molecule has 0 aliphatic heterocycles. The number of nitrogens with one attached hydrogen (secondary N) is 1. The normalized spacial score (nSPS) is 14.7. The Hall–Kier alpha value is -3.15. The van der Waals surface area contributed by atoms with Crippen LogP contribution >= 0.6 is 0 Å². The van der Waals surface area contributed by atoms with Gasteiger partial charge in [-0.15, -0.1) is 0 Å². The average Bonchev–Trinajstić information content (AvgIpc) is 2.76. The van der Waals surface area contributed by atoms with E-state index >= 15 is 0 Å². The highest BCUT2D eigenvalue weighted by Gasteiger charge is 2.27. The fraction of sp³-hybridized carbons (Fsp3) is 0.250. The van der Waals surface area contributed by atoms with Gasteiger partial charge in [-0.2, -0.15) is 0 Å². The predicted octanol–water partition coefficient (Wildman–Crippen LogP) is 3.29. The van der Waals surface area contributed by atoms with Crippen molar-refractivity contribution in [2.75, 3.05) is 21.3 Å². The fourth-order valence-electron chi connectivity index (χ4n) is 3.27. The zero-order valence-electron chi connectivity index (χ0n) is 15.1. The molecule has 2 aromatic carbocycles. The van der Waals surface area contributed by atoms with Crippen molar-refractivity contribution in [2.24, 2.45) is 0 Å². The Balaban J connectivity index is 2.35. The second-order valence-electron chi connectivity index (χ2n) is 5.92. The van der Waals surface area contributed by atoms with E-state index in [0.29, 0.717) is 17.2 Å². The molecule has 26 heavy (non-hydrogen) atoms. The fourth-order valence-corrected chi connectivity index (χ4v) is 3.27. The minimum atomic E-state index is -0.385. The van der Waals surface area contributed by atoms with Crippen LogP contribution in [0.3, 0.4) is 0 Å². The molecule has 1 aliphatic carbocycles. The van der Waals surface area contributed by atoms with Gasteiger partial charge in [0.1, 0.15) is 5.75 Å². The second kappa shape index (κ2) is 7.00. The summed E-state index contributed by atoms with van der Waals surface area (Å²) < 4.78 is 16.6. The van der Waals surface area contributed by atoms with Crippen LogP contribution in [0.1, 0.15) is 24.1 Å². The Labute approximate surface area is 152 Å².